The molecule has 2 aromatic rings. The molecule has 0 spiro atoms. The van der Waals surface area contributed by atoms with Crippen LogP contribution in [0.2, 0.25) is 5.02 Å². The second kappa shape index (κ2) is 5.21. The minimum absolute atomic E-state index is 0.0864. The normalized spacial score (nSPS) is 10.5. The largest absolute Gasteiger partial charge is 0.395 e. The molecule has 0 bridgehead atoms. The molecule has 0 aliphatic rings. The van der Waals surface area contributed by atoms with E-state index in [4.69, 9.17) is 16.7 Å². The van der Waals surface area contributed by atoms with Crippen LogP contribution in [0.3, 0.4) is 0 Å². The average molecular weight is 252 g/mol. The van der Waals surface area contributed by atoms with E-state index in [1.165, 1.54) is 0 Å². The average Bonchev–Trinajstić information content (AvgIpc) is 2.68. The molecule has 0 amide bonds. The Morgan fingerprint density at radius 2 is 2.24 bits per heavy atom. The predicted molar refractivity (Wildman–Crippen MR) is 68.9 cm³/mol. The van der Waals surface area contributed by atoms with Crippen molar-refractivity contribution in [3.63, 3.8) is 0 Å². The van der Waals surface area contributed by atoms with Gasteiger partial charge in [-0.2, -0.15) is 5.10 Å². The maximum atomic E-state index is 8.74. The number of aromatic nitrogens is 2. The van der Waals surface area contributed by atoms with Crippen LogP contribution in [-0.4, -0.2) is 28.0 Å². The molecule has 17 heavy (non-hydrogen) atoms. The second-order valence-electron chi connectivity index (χ2n) is 3.71. The summed E-state index contributed by atoms with van der Waals surface area (Å²) in [5.41, 5.74) is 1.93. The molecule has 90 valence electrons. The zero-order chi connectivity index (χ0) is 12.3. The Morgan fingerprint density at radius 1 is 1.41 bits per heavy atom. The summed E-state index contributed by atoms with van der Waals surface area (Å²) in [5, 5.41) is 16.8. The van der Waals surface area contributed by atoms with E-state index in [1.807, 2.05) is 41.9 Å². The van der Waals surface area contributed by atoms with Gasteiger partial charge in [0.1, 0.15) is 5.82 Å². The maximum absolute atomic E-state index is 8.74. The van der Waals surface area contributed by atoms with Crippen LogP contribution in [0, 0.1) is 6.92 Å². The Bertz CT molecular complexity index is 510. The summed E-state index contributed by atoms with van der Waals surface area (Å²) in [6.45, 7) is 2.55. The van der Waals surface area contributed by atoms with Gasteiger partial charge in [0.25, 0.3) is 0 Å². The van der Waals surface area contributed by atoms with Crippen molar-refractivity contribution in [3.05, 3.63) is 41.0 Å². The molecule has 2 N–H and O–H groups in total. The summed E-state index contributed by atoms with van der Waals surface area (Å²) in [6, 6.07) is 9.45. The molecule has 1 aromatic carbocycles. The zero-order valence-corrected chi connectivity index (χ0v) is 10.3. The van der Waals surface area contributed by atoms with Crippen LogP contribution in [0.5, 0.6) is 0 Å². The van der Waals surface area contributed by atoms with Gasteiger partial charge in [0.2, 0.25) is 0 Å². The van der Waals surface area contributed by atoms with Gasteiger partial charge >= 0.3 is 0 Å². The lowest BCUT2D eigenvalue weighted by atomic mass is 10.3. The molecule has 4 nitrogen and oxygen atoms in total. The highest BCUT2D eigenvalue weighted by Gasteiger charge is 2.05. The Morgan fingerprint density at radius 3 is 2.94 bits per heavy atom. The van der Waals surface area contributed by atoms with Crippen molar-refractivity contribution < 1.29 is 5.11 Å². The smallest absolute Gasteiger partial charge is 0.148 e. The fourth-order valence-electron chi connectivity index (χ4n) is 1.61. The van der Waals surface area contributed by atoms with Gasteiger partial charge in [0.15, 0.2) is 0 Å². The number of rotatable bonds is 4. The molecule has 5 heteroatoms. The number of halogens is 1. The predicted octanol–water partition coefficient (Wildman–Crippen LogP) is 2.24. The highest BCUT2D eigenvalue weighted by molar-refractivity contribution is 6.30. The van der Waals surface area contributed by atoms with E-state index < -0.39 is 0 Å². The molecule has 1 aromatic heterocycles. The van der Waals surface area contributed by atoms with Crippen molar-refractivity contribution in [2.24, 2.45) is 0 Å². The standard InChI is InChI=1S/C12H14ClN3O/c1-9-7-12(14-5-6-17)15-16(9)11-4-2-3-10(13)8-11/h2-4,7-8,17H,5-6H2,1H3,(H,14,15). The number of anilines is 1. The van der Waals surface area contributed by atoms with Gasteiger partial charge < -0.3 is 10.4 Å². The van der Waals surface area contributed by atoms with Crippen molar-refractivity contribution in [1.82, 2.24) is 9.78 Å². The molecule has 0 saturated carbocycles. The molecule has 0 atom stereocenters. The Balaban J connectivity index is 2.29. The molecule has 1 heterocycles. The quantitative estimate of drug-likeness (QED) is 0.876. The van der Waals surface area contributed by atoms with Crippen molar-refractivity contribution in [2.45, 2.75) is 6.92 Å². The van der Waals surface area contributed by atoms with E-state index in [-0.39, 0.29) is 6.61 Å². The number of nitrogens with zero attached hydrogens (tertiary/aromatic N) is 2. The lowest BCUT2D eigenvalue weighted by molar-refractivity contribution is 0.311. The summed E-state index contributed by atoms with van der Waals surface area (Å²) in [7, 11) is 0. The highest BCUT2D eigenvalue weighted by atomic mass is 35.5. The van der Waals surface area contributed by atoms with Crippen molar-refractivity contribution in [3.8, 4) is 5.69 Å². The Hall–Kier alpha value is -1.52. The third kappa shape index (κ3) is 2.78. The topological polar surface area (TPSA) is 50.1 Å². The highest BCUT2D eigenvalue weighted by Crippen LogP contribution is 2.18. The Labute approximate surface area is 105 Å². The van der Waals surface area contributed by atoms with Gasteiger partial charge in [0, 0.05) is 23.3 Å². The van der Waals surface area contributed by atoms with Gasteiger partial charge in [-0.25, -0.2) is 4.68 Å². The minimum atomic E-state index is 0.0864. The van der Waals surface area contributed by atoms with Crippen LogP contribution in [0.15, 0.2) is 30.3 Å². The first-order valence-electron chi connectivity index (χ1n) is 5.38. The molecule has 0 aliphatic carbocycles. The van der Waals surface area contributed by atoms with E-state index in [2.05, 4.69) is 10.4 Å². The first-order valence-corrected chi connectivity index (χ1v) is 5.76. The fraction of sp³-hybridized carbons (Fsp3) is 0.250. The molecule has 0 radical (unpaired) electrons. The van der Waals surface area contributed by atoms with E-state index >= 15 is 0 Å². The third-order valence-corrected chi connectivity index (χ3v) is 2.59. The van der Waals surface area contributed by atoms with Gasteiger partial charge in [0.05, 0.1) is 12.3 Å². The molecular formula is C12H14ClN3O. The molecule has 2 rings (SSSR count). The van der Waals surface area contributed by atoms with Crippen LogP contribution >= 0.6 is 11.6 Å². The van der Waals surface area contributed by atoms with Crippen LogP contribution in [0.1, 0.15) is 5.69 Å². The zero-order valence-electron chi connectivity index (χ0n) is 9.52. The van der Waals surface area contributed by atoms with E-state index in [1.54, 1.807) is 0 Å². The van der Waals surface area contributed by atoms with Gasteiger partial charge in [-0.15, -0.1) is 0 Å². The first kappa shape index (κ1) is 12.0. The summed E-state index contributed by atoms with van der Waals surface area (Å²) in [6.07, 6.45) is 0. The summed E-state index contributed by atoms with van der Waals surface area (Å²) < 4.78 is 1.81. The third-order valence-electron chi connectivity index (χ3n) is 2.36. The van der Waals surface area contributed by atoms with Gasteiger partial charge in [-0.1, -0.05) is 17.7 Å². The molecule has 0 fully saturated rings. The van der Waals surface area contributed by atoms with Crippen LogP contribution < -0.4 is 5.32 Å². The van der Waals surface area contributed by atoms with Crippen molar-refractivity contribution in [2.75, 3.05) is 18.5 Å². The summed E-state index contributed by atoms with van der Waals surface area (Å²) in [5.74, 6) is 0.747. The molecule has 0 saturated heterocycles. The van der Waals surface area contributed by atoms with E-state index in [9.17, 15) is 0 Å². The summed E-state index contributed by atoms with van der Waals surface area (Å²) >= 11 is 5.95. The van der Waals surface area contributed by atoms with Gasteiger partial charge in [-0.3, -0.25) is 0 Å². The first-order chi connectivity index (χ1) is 8.20. The monoisotopic (exact) mass is 251 g/mol. The summed E-state index contributed by atoms with van der Waals surface area (Å²) in [4.78, 5) is 0. The van der Waals surface area contributed by atoms with Gasteiger partial charge in [-0.05, 0) is 25.1 Å². The van der Waals surface area contributed by atoms with Crippen LogP contribution in [-0.2, 0) is 0 Å². The lowest BCUT2D eigenvalue weighted by Gasteiger charge is -2.04. The number of aliphatic hydroxyl groups excluding tert-OH is 1. The number of aryl methyl sites for hydroxylation is 1. The fourth-order valence-corrected chi connectivity index (χ4v) is 1.80. The van der Waals surface area contributed by atoms with Crippen LogP contribution in [0.4, 0.5) is 5.82 Å². The SMILES string of the molecule is Cc1cc(NCCO)nn1-c1cccc(Cl)c1. The number of aliphatic hydroxyl groups is 1. The Kier molecular flexibility index (Phi) is 3.66. The number of hydrogen-bond donors (Lipinski definition) is 2. The van der Waals surface area contributed by atoms with Crippen LogP contribution in [0.25, 0.3) is 5.69 Å². The minimum Gasteiger partial charge on any atom is -0.395 e. The molecule has 0 unspecified atom stereocenters. The van der Waals surface area contributed by atoms with E-state index in [0.29, 0.717) is 11.6 Å². The molecule has 0 aliphatic heterocycles. The van der Waals surface area contributed by atoms with Crippen molar-refractivity contribution in [1.29, 1.82) is 0 Å². The maximum Gasteiger partial charge on any atom is 0.148 e. The van der Waals surface area contributed by atoms with E-state index in [0.717, 1.165) is 17.2 Å². The van der Waals surface area contributed by atoms with Crippen molar-refractivity contribution >= 4 is 17.4 Å². The number of hydrogen-bond acceptors (Lipinski definition) is 3. The molecular weight excluding hydrogens is 238 g/mol. The number of nitrogens with one attached hydrogen (secondary N) is 1. The lowest BCUT2D eigenvalue weighted by Crippen LogP contribution is -2.06. The number of benzene rings is 1. The second-order valence-corrected chi connectivity index (χ2v) is 4.15.